The van der Waals surface area contributed by atoms with Gasteiger partial charge in [0.25, 0.3) is 5.91 Å². The van der Waals surface area contributed by atoms with Crippen molar-refractivity contribution in [3.63, 3.8) is 0 Å². The molecule has 20 heavy (non-hydrogen) atoms. The predicted molar refractivity (Wildman–Crippen MR) is 80.5 cm³/mol. The standard InChI is InChI=1S/C14H19Cl2N3O/c15-11-6-12(18-13(11)16)14(20)19(10-3-4-10)8-9-2-1-5-17-7-9/h6,9-10,17-18H,1-5,7-8H2. The number of nitrogens with one attached hydrogen (secondary N) is 2. The van der Waals surface area contributed by atoms with E-state index in [1.807, 2.05) is 4.90 Å². The maximum atomic E-state index is 12.6. The third-order valence-corrected chi connectivity index (χ3v) is 4.75. The summed E-state index contributed by atoms with van der Waals surface area (Å²) in [6, 6.07) is 2.02. The summed E-state index contributed by atoms with van der Waals surface area (Å²) < 4.78 is 0. The number of hydrogen-bond acceptors (Lipinski definition) is 2. The average Bonchev–Trinajstić information content (AvgIpc) is 3.23. The van der Waals surface area contributed by atoms with Crippen LogP contribution < -0.4 is 5.32 Å². The topological polar surface area (TPSA) is 48.1 Å². The minimum atomic E-state index is 0.0203. The van der Waals surface area contributed by atoms with Crippen molar-refractivity contribution in [1.29, 1.82) is 0 Å². The Kier molecular flexibility index (Phi) is 4.24. The molecule has 1 saturated heterocycles. The van der Waals surface area contributed by atoms with E-state index in [0.29, 0.717) is 27.8 Å². The fraction of sp³-hybridized carbons (Fsp3) is 0.643. The van der Waals surface area contributed by atoms with Gasteiger partial charge in [-0.1, -0.05) is 23.2 Å². The number of H-pyrrole nitrogens is 1. The Morgan fingerprint density at radius 2 is 2.15 bits per heavy atom. The molecule has 1 aromatic heterocycles. The molecule has 4 nitrogen and oxygen atoms in total. The summed E-state index contributed by atoms with van der Waals surface area (Å²) in [5.74, 6) is 0.570. The third kappa shape index (κ3) is 3.13. The zero-order chi connectivity index (χ0) is 14.1. The number of aromatic amines is 1. The molecule has 2 fully saturated rings. The Balaban J connectivity index is 1.71. The van der Waals surface area contributed by atoms with Gasteiger partial charge in [-0.3, -0.25) is 4.79 Å². The molecular formula is C14H19Cl2N3O. The maximum Gasteiger partial charge on any atom is 0.270 e. The molecule has 1 aliphatic heterocycles. The Labute approximate surface area is 128 Å². The van der Waals surface area contributed by atoms with E-state index >= 15 is 0 Å². The molecule has 1 unspecified atom stereocenters. The Bertz CT molecular complexity index is 473. The average molecular weight is 316 g/mol. The number of amides is 1. The second kappa shape index (κ2) is 5.96. The first-order chi connectivity index (χ1) is 9.65. The lowest BCUT2D eigenvalue weighted by Gasteiger charge is -2.30. The highest BCUT2D eigenvalue weighted by atomic mass is 35.5. The number of aromatic nitrogens is 1. The van der Waals surface area contributed by atoms with Crippen molar-refractivity contribution in [2.75, 3.05) is 19.6 Å². The van der Waals surface area contributed by atoms with Gasteiger partial charge in [0.1, 0.15) is 10.8 Å². The number of hydrogen-bond donors (Lipinski definition) is 2. The molecule has 1 aliphatic carbocycles. The maximum absolute atomic E-state index is 12.6. The highest BCUT2D eigenvalue weighted by molar-refractivity contribution is 6.41. The molecule has 1 aromatic rings. The van der Waals surface area contributed by atoms with Crippen LogP contribution in [-0.4, -0.2) is 41.5 Å². The molecule has 0 spiro atoms. The summed E-state index contributed by atoms with van der Waals surface area (Å²) in [7, 11) is 0. The molecule has 3 rings (SSSR count). The van der Waals surface area contributed by atoms with E-state index in [0.717, 1.165) is 32.5 Å². The SMILES string of the molecule is O=C(c1cc(Cl)c(Cl)[nH]1)N(CC1CCCNC1)C1CC1. The normalized spacial score (nSPS) is 22.8. The van der Waals surface area contributed by atoms with Crippen LogP contribution in [0.15, 0.2) is 6.07 Å². The minimum Gasteiger partial charge on any atom is -0.340 e. The summed E-state index contributed by atoms with van der Waals surface area (Å²) in [5, 5.41) is 4.15. The van der Waals surface area contributed by atoms with Crippen LogP contribution in [0.3, 0.4) is 0 Å². The minimum absolute atomic E-state index is 0.0203. The van der Waals surface area contributed by atoms with Gasteiger partial charge in [0.05, 0.1) is 5.02 Å². The van der Waals surface area contributed by atoms with E-state index in [9.17, 15) is 4.79 Å². The first-order valence-corrected chi connectivity index (χ1v) is 7.96. The zero-order valence-corrected chi connectivity index (χ0v) is 12.8. The van der Waals surface area contributed by atoms with Gasteiger partial charge in [-0.15, -0.1) is 0 Å². The smallest absolute Gasteiger partial charge is 0.270 e. The third-order valence-electron chi connectivity index (χ3n) is 4.06. The molecule has 0 aromatic carbocycles. The lowest BCUT2D eigenvalue weighted by atomic mass is 9.99. The monoisotopic (exact) mass is 315 g/mol. The second-order valence-electron chi connectivity index (χ2n) is 5.75. The van der Waals surface area contributed by atoms with Gasteiger partial charge in [-0.05, 0) is 50.8 Å². The summed E-state index contributed by atoms with van der Waals surface area (Å²) in [5.41, 5.74) is 0.496. The van der Waals surface area contributed by atoms with Crippen LogP contribution in [0.25, 0.3) is 0 Å². The van der Waals surface area contributed by atoms with Gasteiger partial charge in [0, 0.05) is 12.6 Å². The molecular weight excluding hydrogens is 297 g/mol. The Hall–Kier alpha value is -0.710. The lowest BCUT2D eigenvalue weighted by Crippen LogP contribution is -2.42. The predicted octanol–water partition coefficient (Wildman–Crippen LogP) is 2.93. The molecule has 1 amide bonds. The van der Waals surface area contributed by atoms with E-state index < -0.39 is 0 Å². The van der Waals surface area contributed by atoms with Crippen molar-refractivity contribution >= 4 is 29.1 Å². The van der Waals surface area contributed by atoms with Gasteiger partial charge in [0.15, 0.2) is 0 Å². The highest BCUT2D eigenvalue weighted by Gasteiger charge is 2.35. The molecule has 110 valence electrons. The van der Waals surface area contributed by atoms with E-state index in [1.165, 1.54) is 12.8 Å². The highest BCUT2D eigenvalue weighted by Crippen LogP contribution is 2.31. The van der Waals surface area contributed by atoms with Gasteiger partial charge in [-0.2, -0.15) is 0 Å². The summed E-state index contributed by atoms with van der Waals surface area (Å²) in [6.07, 6.45) is 4.59. The molecule has 0 radical (unpaired) electrons. The van der Waals surface area contributed by atoms with E-state index in [2.05, 4.69) is 10.3 Å². The Morgan fingerprint density at radius 1 is 1.35 bits per heavy atom. The van der Waals surface area contributed by atoms with E-state index in [-0.39, 0.29) is 5.91 Å². The van der Waals surface area contributed by atoms with Crippen molar-refractivity contribution < 1.29 is 4.79 Å². The molecule has 0 bridgehead atoms. The second-order valence-corrected chi connectivity index (χ2v) is 6.53. The van der Waals surface area contributed by atoms with Crippen LogP contribution in [0.5, 0.6) is 0 Å². The number of carbonyl (C=O) groups is 1. The lowest BCUT2D eigenvalue weighted by molar-refractivity contribution is 0.0699. The van der Waals surface area contributed by atoms with E-state index in [1.54, 1.807) is 6.07 Å². The van der Waals surface area contributed by atoms with Crippen molar-refractivity contribution in [2.24, 2.45) is 5.92 Å². The molecule has 2 aliphatic rings. The molecule has 1 saturated carbocycles. The van der Waals surface area contributed by atoms with Crippen LogP contribution in [0.4, 0.5) is 0 Å². The van der Waals surface area contributed by atoms with Gasteiger partial charge in [0.2, 0.25) is 0 Å². The first-order valence-electron chi connectivity index (χ1n) is 7.21. The van der Waals surface area contributed by atoms with Crippen molar-refractivity contribution in [3.8, 4) is 0 Å². The number of rotatable bonds is 4. The molecule has 2 heterocycles. The molecule has 2 N–H and O–H groups in total. The fourth-order valence-corrected chi connectivity index (χ4v) is 3.13. The quantitative estimate of drug-likeness (QED) is 0.897. The molecule has 1 atom stereocenters. The van der Waals surface area contributed by atoms with Gasteiger partial charge in [-0.25, -0.2) is 0 Å². The van der Waals surface area contributed by atoms with Crippen LogP contribution in [0.2, 0.25) is 10.2 Å². The number of halogens is 2. The summed E-state index contributed by atoms with van der Waals surface area (Å²) in [6.45, 7) is 2.92. The number of carbonyl (C=O) groups excluding carboxylic acids is 1. The van der Waals surface area contributed by atoms with Crippen LogP contribution in [0, 0.1) is 5.92 Å². The summed E-state index contributed by atoms with van der Waals surface area (Å²) in [4.78, 5) is 17.5. The fourth-order valence-electron chi connectivity index (χ4n) is 2.82. The van der Waals surface area contributed by atoms with Crippen LogP contribution in [0.1, 0.15) is 36.2 Å². The molecule has 6 heteroatoms. The first kappa shape index (κ1) is 14.2. The van der Waals surface area contributed by atoms with E-state index in [4.69, 9.17) is 23.2 Å². The Morgan fingerprint density at radius 3 is 2.70 bits per heavy atom. The van der Waals surface area contributed by atoms with Crippen molar-refractivity contribution in [3.05, 3.63) is 21.9 Å². The summed E-state index contributed by atoms with van der Waals surface area (Å²) >= 11 is 11.8. The largest absolute Gasteiger partial charge is 0.340 e. The van der Waals surface area contributed by atoms with Gasteiger partial charge >= 0.3 is 0 Å². The zero-order valence-electron chi connectivity index (χ0n) is 11.3. The number of nitrogens with zero attached hydrogens (tertiary/aromatic N) is 1. The van der Waals surface area contributed by atoms with Crippen LogP contribution in [-0.2, 0) is 0 Å². The van der Waals surface area contributed by atoms with Crippen LogP contribution >= 0.6 is 23.2 Å². The van der Waals surface area contributed by atoms with Crippen molar-refractivity contribution in [1.82, 2.24) is 15.2 Å². The number of piperidine rings is 1. The van der Waals surface area contributed by atoms with Gasteiger partial charge < -0.3 is 15.2 Å². The van der Waals surface area contributed by atoms with Crippen molar-refractivity contribution in [2.45, 2.75) is 31.7 Å².